The summed E-state index contributed by atoms with van der Waals surface area (Å²) in [5.41, 5.74) is 6.47. The largest absolute Gasteiger partial charge is 0.372 e. The van der Waals surface area contributed by atoms with Crippen LogP contribution in [0, 0.1) is 5.82 Å². The van der Waals surface area contributed by atoms with Gasteiger partial charge in [0, 0.05) is 18.2 Å². The molecule has 0 aliphatic carbocycles. The summed E-state index contributed by atoms with van der Waals surface area (Å²) in [7, 11) is 0. The van der Waals surface area contributed by atoms with E-state index in [4.69, 9.17) is 10.5 Å². The molecule has 0 radical (unpaired) electrons. The first-order chi connectivity index (χ1) is 6.79. The van der Waals surface area contributed by atoms with E-state index in [2.05, 4.69) is 0 Å². The summed E-state index contributed by atoms with van der Waals surface area (Å²) in [6.07, 6.45) is 1.59. The zero-order valence-corrected chi connectivity index (χ0v) is 7.95. The second kappa shape index (κ2) is 4.07. The third kappa shape index (κ3) is 1.79. The summed E-state index contributed by atoms with van der Waals surface area (Å²) in [4.78, 5) is 0. The van der Waals surface area contributed by atoms with E-state index >= 15 is 0 Å². The average Bonchev–Trinajstić information content (AvgIpc) is 2.20. The molecule has 1 fully saturated rings. The van der Waals surface area contributed by atoms with Crippen molar-refractivity contribution in [1.29, 1.82) is 0 Å². The molecule has 2 rings (SSSR count). The highest BCUT2D eigenvalue weighted by Crippen LogP contribution is 2.28. The van der Waals surface area contributed by atoms with Gasteiger partial charge in [0.25, 0.3) is 0 Å². The van der Waals surface area contributed by atoms with Crippen molar-refractivity contribution in [2.75, 3.05) is 6.61 Å². The maximum atomic E-state index is 13.4. The number of hydrogen-bond donors (Lipinski definition) is 1. The first kappa shape index (κ1) is 9.62. The van der Waals surface area contributed by atoms with E-state index in [1.54, 1.807) is 12.1 Å². The smallest absolute Gasteiger partial charge is 0.129 e. The molecular weight excluding hydrogens is 181 g/mol. The lowest BCUT2D eigenvalue weighted by atomic mass is 9.96. The standard InChI is InChI=1S/C11H14FNO/c12-9-5-2-1-4-8(9)11-10(13)6-3-7-14-11/h1-2,4-5,10-11H,3,6-7,13H2. The van der Waals surface area contributed by atoms with Gasteiger partial charge in [0.15, 0.2) is 0 Å². The number of nitrogens with two attached hydrogens (primary N) is 1. The van der Waals surface area contributed by atoms with Crippen LogP contribution >= 0.6 is 0 Å². The highest BCUT2D eigenvalue weighted by atomic mass is 19.1. The summed E-state index contributed by atoms with van der Waals surface area (Å²) < 4.78 is 18.9. The third-order valence-electron chi connectivity index (χ3n) is 2.58. The highest BCUT2D eigenvalue weighted by Gasteiger charge is 2.26. The minimum Gasteiger partial charge on any atom is -0.372 e. The zero-order chi connectivity index (χ0) is 9.97. The van der Waals surface area contributed by atoms with Gasteiger partial charge in [-0.25, -0.2) is 4.39 Å². The van der Waals surface area contributed by atoms with Gasteiger partial charge in [-0.3, -0.25) is 0 Å². The van der Waals surface area contributed by atoms with E-state index in [1.165, 1.54) is 6.07 Å². The van der Waals surface area contributed by atoms with E-state index < -0.39 is 0 Å². The lowest BCUT2D eigenvalue weighted by Gasteiger charge is -2.29. The van der Waals surface area contributed by atoms with Crippen LogP contribution in [-0.2, 0) is 4.74 Å². The second-order valence-electron chi connectivity index (χ2n) is 3.62. The first-order valence-electron chi connectivity index (χ1n) is 4.90. The maximum absolute atomic E-state index is 13.4. The van der Waals surface area contributed by atoms with Crippen molar-refractivity contribution < 1.29 is 9.13 Å². The van der Waals surface area contributed by atoms with Crippen LogP contribution < -0.4 is 5.73 Å². The van der Waals surface area contributed by atoms with E-state index in [-0.39, 0.29) is 18.0 Å². The lowest BCUT2D eigenvalue weighted by molar-refractivity contribution is -0.00188. The molecule has 1 saturated heterocycles. The van der Waals surface area contributed by atoms with E-state index in [0.29, 0.717) is 12.2 Å². The van der Waals surface area contributed by atoms with Gasteiger partial charge in [0.2, 0.25) is 0 Å². The van der Waals surface area contributed by atoms with Crippen molar-refractivity contribution in [2.24, 2.45) is 5.73 Å². The fourth-order valence-electron chi connectivity index (χ4n) is 1.83. The quantitative estimate of drug-likeness (QED) is 0.744. The Morgan fingerprint density at radius 3 is 2.86 bits per heavy atom. The zero-order valence-electron chi connectivity index (χ0n) is 7.95. The Hall–Kier alpha value is -0.930. The van der Waals surface area contributed by atoms with Crippen molar-refractivity contribution in [2.45, 2.75) is 25.0 Å². The molecule has 1 aliphatic heterocycles. The normalized spacial score (nSPS) is 27.6. The van der Waals surface area contributed by atoms with Gasteiger partial charge in [0.05, 0.1) is 0 Å². The van der Waals surface area contributed by atoms with Crippen molar-refractivity contribution >= 4 is 0 Å². The highest BCUT2D eigenvalue weighted by molar-refractivity contribution is 5.21. The van der Waals surface area contributed by atoms with Crippen LogP contribution in [0.2, 0.25) is 0 Å². The van der Waals surface area contributed by atoms with E-state index in [0.717, 1.165) is 12.8 Å². The van der Waals surface area contributed by atoms with Gasteiger partial charge in [-0.1, -0.05) is 18.2 Å². The monoisotopic (exact) mass is 195 g/mol. The Balaban J connectivity index is 2.25. The maximum Gasteiger partial charge on any atom is 0.129 e. The van der Waals surface area contributed by atoms with Crippen molar-refractivity contribution in [3.8, 4) is 0 Å². The number of halogens is 1. The molecule has 0 bridgehead atoms. The van der Waals surface area contributed by atoms with E-state index in [1.807, 2.05) is 6.07 Å². The topological polar surface area (TPSA) is 35.2 Å². The van der Waals surface area contributed by atoms with E-state index in [9.17, 15) is 4.39 Å². The third-order valence-corrected chi connectivity index (χ3v) is 2.58. The molecule has 2 nitrogen and oxygen atoms in total. The Kier molecular flexibility index (Phi) is 2.79. The molecule has 1 aromatic rings. The molecule has 1 aromatic carbocycles. The van der Waals surface area contributed by atoms with Crippen LogP contribution in [0.25, 0.3) is 0 Å². The van der Waals surface area contributed by atoms with Crippen molar-refractivity contribution in [3.05, 3.63) is 35.6 Å². The molecule has 0 aromatic heterocycles. The molecule has 1 aliphatic rings. The number of hydrogen-bond acceptors (Lipinski definition) is 2. The van der Waals surface area contributed by atoms with Crippen LogP contribution in [-0.4, -0.2) is 12.6 Å². The summed E-state index contributed by atoms with van der Waals surface area (Å²) in [6.45, 7) is 0.673. The van der Waals surface area contributed by atoms with Crippen molar-refractivity contribution in [3.63, 3.8) is 0 Å². The molecule has 76 valence electrons. The van der Waals surface area contributed by atoms with Gasteiger partial charge >= 0.3 is 0 Å². The Morgan fingerprint density at radius 1 is 1.36 bits per heavy atom. The van der Waals surface area contributed by atoms with Crippen molar-refractivity contribution in [1.82, 2.24) is 0 Å². The summed E-state index contributed by atoms with van der Waals surface area (Å²) in [5.74, 6) is -0.227. The molecule has 2 atom stereocenters. The van der Waals surface area contributed by atoms with Gasteiger partial charge in [-0.05, 0) is 18.9 Å². The molecular formula is C11H14FNO. The molecule has 2 unspecified atom stereocenters. The molecule has 0 amide bonds. The first-order valence-corrected chi connectivity index (χ1v) is 4.90. The number of rotatable bonds is 1. The number of ether oxygens (including phenoxy) is 1. The van der Waals surface area contributed by atoms with Crippen LogP contribution in [0.5, 0.6) is 0 Å². The van der Waals surface area contributed by atoms with Crippen LogP contribution in [0.1, 0.15) is 24.5 Å². The summed E-state index contributed by atoms with van der Waals surface area (Å²) >= 11 is 0. The van der Waals surface area contributed by atoms with Gasteiger partial charge in [0.1, 0.15) is 11.9 Å². The van der Waals surface area contributed by atoms with Crippen LogP contribution in [0.3, 0.4) is 0 Å². The van der Waals surface area contributed by atoms with Gasteiger partial charge < -0.3 is 10.5 Å². The fraction of sp³-hybridized carbons (Fsp3) is 0.455. The summed E-state index contributed by atoms with van der Waals surface area (Å²) in [5, 5.41) is 0. The average molecular weight is 195 g/mol. The molecule has 0 saturated carbocycles. The molecule has 2 N–H and O–H groups in total. The summed E-state index contributed by atoms with van der Waals surface area (Å²) in [6, 6.07) is 6.59. The molecule has 0 spiro atoms. The van der Waals surface area contributed by atoms with Gasteiger partial charge in [-0.15, -0.1) is 0 Å². The molecule has 3 heteroatoms. The Bertz CT molecular complexity index is 316. The predicted octanol–water partition coefficient (Wildman–Crippen LogP) is 2.00. The predicted molar refractivity (Wildman–Crippen MR) is 52.3 cm³/mol. The molecule has 14 heavy (non-hydrogen) atoms. The van der Waals surface area contributed by atoms with Crippen LogP contribution in [0.4, 0.5) is 4.39 Å². The lowest BCUT2D eigenvalue weighted by Crippen LogP contribution is -2.34. The SMILES string of the molecule is NC1CCCOC1c1ccccc1F. The van der Waals surface area contributed by atoms with Crippen LogP contribution in [0.15, 0.2) is 24.3 Å². The van der Waals surface area contributed by atoms with Gasteiger partial charge in [-0.2, -0.15) is 0 Å². The minimum absolute atomic E-state index is 0.0827. The Morgan fingerprint density at radius 2 is 2.14 bits per heavy atom. The number of benzene rings is 1. The fourth-order valence-corrected chi connectivity index (χ4v) is 1.83. The Labute approximate surface area is 82.9 Å². The minimum atomic E-state index is -0.273. The molecule has 1 heterocycles. The second-order valence-corrected chi connectivity index (χ2v) is 3.62.